The van der Waals surface area contributed by atoms with E-state index in [-0.39, 0.29) is 6.10 Å². The molecular weight excluding hydrogens is 270 g/mol. The van der Waals surface area contributed by atoms with Crippen LogP contribution in [0.5, 0.6) is 5.75 Å². The lowest BCUT2D eigenvalue weighted by molar-refractivity contribution is 0.00755. The van der Waals surface area contributed by atoms with Crippen molar-refractivity contribution in [2.75, 3.05) is 26.8 Å². The van der Waals surface area contributed by atoms with Crippen molar-refractivity contribution < 1.29 is 14.0 Å². The van der Waals surface area contributed by atoms with Crippen molar-refractivity contribution in [1.82, 2.24) is 15.5 Å². The van der Waals surface area contributed by atoms with Crippen LogP contribution in [0.4, 0.5) is 0 Å². The highest BCUT2D eigenvalue weighted by Crippen LogP contribution is 2.21. The molecule has 1 aliphatic heterocycles. The first-order chi connectivity index (χ1) is 10.3. The molecule has 0 amide bonds. The summed E-state index contributed by atoms with van der Waals surface area (Å²) >= 11 is 0. The van der Waals surface area contributed by atoms with Crippen LogP contribution in [0.3, 0.4) is 0 Å². The lowest BCUT2D eigenvalue weighted by Gasteiger charge is -2.19. The third-order valence-corrected chi connectivity index (χ3v) is 3.52. The molecule has 2 heterocycles. The number of hydrogen-bond donors (Lipinski definition) is 1. The maximum absolute atomic E-state index is 5.60. The molecule has 1 fully saturated rings. The zero-order valence-corrected chi connectivity index (χ0v) is 12.3. The van der Waals surface area contributed by atoms with Crippen LogP contribution < -0.4 is 10.1 Å². The van der Waals surface area contributed by atoms with Crippen molar-refractivity contribution in [2.24, 2.45) is 0 Å². The Balaban J connectivity index is 1.72. The summed E-state index contributed by atoms with van der Waals surface area (Å²) in [6.45, 7) is 4.25. The van der Waals surface area contributed by atoms with Gasteiger partial charge in [0, 0.05) is 19.5 Å². The van der Waals surface area contributed by atoms with Gasteiger partial charge in [-0.05, 0) is 24.1 Å². The summed E-state index contributed by atoms with van der Waals surface area (Å²) in [7, 11) is 1.67. The van der Waals surface area contributed by atoms with Gasteiger partial charge in [0.15, 0.2) is 5.82 Å². The van der Waals surface area contributed by atoms with Gasteiger partial charge in [-0.2, -0.15) is 4.98 Å². The predicted octanol–water partition coefficient (Wildman–Crippen LogP) is 1.64. The Morgan fingerprint density at radius 1 is 1.43 bits per heavy atom. The fraction of sp³-hybridized carbons (Fsp3) is 0.467. The summed E-state index contributed by atoms with van der Waals surface area (Å²) < 4.78 is 16.2. The van der Waals surface area contributed by atoms with Crippen molar-refractivity contribution >= 4 is 0 Å². The van der Waals surface area contributed by atoms with Gasteiger partial charge in [0.25, 0.3) is 5.89 Å². The Labute approximate surface area is 123 Å². The molecule has 6 heteroatoms. The van der Waals surface area contributed by atoms with E-state index in [0.717, 1.165) is 23.4 Å². The molecule has 1 N–H and O–H groups in total. The average Bonchev–Trinajstić information content (AvgIpc) is 2.98. The van der Waals surface area contributed by atoms with Crippen LogP contribution in [0.15, 0.2) is 22.7 Å². The molecule has 0 bridgehead atoms. The first kappa shape index (κ1) is 14.0. The van der Waals surface area contributed by atoms with Gasteiger partial charge in [0.05, 0.1) is 13.7 Å². The van der Waals surface area contributed by atoms with Gasteiger partial charge in [-0.1, -0.05) is 17.3 Å². The molecule has 2 aromatic rings. The van der Waals surface area contributed by atoms with Crippen molar-refractivity contribution in [3.8, 4) is 5.75 Å². The summed E-state index contributed by atoms with van der Waals surface area (Å²) in [4.78, 5) is 4.42. The predicted molar refractivity (Wildman–Crippen MR) is 76.4 cm³/mol. The fourth-order valence-corrected chi connectivity index (χ4v) is 2.35. The van der Waals surface area contributed by atoms with E-state index < -0.39 is 0 Å². The number of hydrogen-bond acceptors (Lipinski definition) is 6. The van der Waals surface area contributed by atoms with E-state index in [1.54, 1.807) is 7.11 Å². The minimum atomic E-state index is -0.146. The van der Waals surface area contributed by atoms with Crippen LogP contribution >= 0.6 is 0 Å². The van der Waals surface area contributed by atoms with Crippen molar-refractivity contribution in [1.29, 1.82) is 0 Å². The maximum atomic E-state index is 5.60. The third kappa shape index (κ3) is 3.22. The molecule has 21 heavy (non-hydrogen) atoms. The summed E-state index contributed by atoms with van der Waals surface area (Å²) in [5.74, 6) is 2.07. The first-order valence-electron chi connectivity index (χ1n) is 7.04. The van der Waals surface area contributed by atoms with Crippen LogP contribution in [-0.4, -0.2) is 36.9 Å². The van der Waals surface area contributed by atoms with Crippen LogP contribution in [-0.2, 0) is 11.2 Å². The van der Waals surface area contributed by atoms with E-state index in [9.17, 15) is 0 Å². The zero-order valence-electron chi connectivity index (χ0n) is 12.3. The highest BCUT2D eigenvalue weighted by Gasteiger charge is 2.22. The summed E-state index contributed by atoms with van der Waals surface area (Å²) in [6.07, 6.45) is 0.466. The lowest BCUT2D eigenvalue weighted by atomic mass is 10.1. The lowest BCUT2D eigenvalue weighted by Crippen LogP contribution is -2.33. The number of benzene rings is 1. The van der Waals surface area contributed by atoms with Crippen molar-refractivity contribution in [2.45, 2.75) is 19.4 Å². The summed E-state index contributed by atoms with van der Waals surface area (Å²) in [5.41, 5.74) is 2.20. The second kappa shape index (κ2) is 6.24. The fourth-order valence-electron chi connectivity index (χ4n) is 2.35. The molecule has 1 atom stereocenters. The van der Waals surface area contributed by atoms with E-state index in [0.29, 0.717) is 31.3 Å². The highest BCUT2D eigenvalue weighted by atomic mass is 16.5. The van der Waals surface area contributed by atoms with Gasteiger partial charge in [-0.3, -0.25) is 0 Å². The minimum absolute atomic E-state index is 0.146. The molecule has 1 aliphatic rings. The second-order valence-corrected chi connectivity index (χ2v) is 5.09. The van der Waals surface area contributed by atoms with E-state index in [2.05, 4.69) is 15.5 Å². The van der Waals surface area contributed by atoms with Gasteiger partial charge >= 0.3 is 0 Å². The number of methoxy groups -OCH3 is 1. The Morgan fingerprint density at radius 2 is 2.33 bits per heavy atom. The quantitative estimate of drug-likeness (QED) is 0.922. The normalized spacial score (nSPS) is 18.7. The molecular formula is C15H19N3O3. The SMILES string of the molecule is COc1cc(Cc2noc(C3CNCCO3)n2)ccc1C. The largest absolute Gasteiger partial charge is 0.496 e. The average molecular weight is 289 g/mol. The van der Waals surface area contributed by atoms with Gasteiger partial charge in [-0.25, -0.2) is 0 Å². The van der Waals surface area contributed by atoms with E-state index in [4.69, 9.17) is 14.0 Å². The van der Waals surface area contributed by atoms with Crippen LogP contribution in [0.1, 0.15) is 28.9 Å². The number of ether oxygens (including phenoxy) is 2. The van der Waals surface area contributed by atoms with Crippen molar-refractivity contribution in [3.05, 3.63) is 41.0 Å². The second-order valence-electron chi connectivity index (χ2n) is 5.09. The Kier molecular flexibility index (Phi) is 4.17. The number of aromatic nitrogens is 2. The monoisotopic (exact) mass is 289 g/mol. The Hall–Kier alpha value is -1.92. The molecule has 1 aromatic heterocycles. The van der Waals surface area contributed by atoms with Crippen LogP contribution in [0, 0.1) is 6.92 Å². The third-order valence-electron chi connectivity index (χ3n) is 3.52. The maximum Gasteiger partial charge on any atom is 0.257 e. The molecule has 0 spiro atoms. The van der Waals surface area contributed by atoms with Gasteiger partial charge in [0.1, 0.15) is 11.9 Å². The number of morpholine rings is 1. The minimum Gasteiger partial charge on any atom is -0.496 e. The van der Waals surface area contributed by atoms with Gasteiger partial charge in [-0.15, -0.1) is 0 Å². The molecule has 0 radical (unpaired) electrons. The Bertz CT molecular complexity index is 606. The van der Waals surface area contributed by atoms with E-state index in [1.165, 1.54) is 0 Å². The first-order valence-corrected chi connectivity index (χ1v) is 7.04. The highest BCUT2D eigenvalue weighted by molar-refractivity contribution is 5.37. The number of aryl methyl sites for hydroxylation is 1. The molecule has 1 aromatic carbocycles. The number of rotatable bonds is 4. The van der Waals surface area contributed by atoms with Crippen LogP contribution in [0.2, 0.25) is 0 Å². The number of nitrogens with zero attached hydrogens (tertiary/aromatic N) is 2. The zero-order chi connectivity index (χ0) is 14.7. The molecule has 1 unspecified atom stereocenters. The van der Waals surface area contributed by atoms with Crippen LogP contribution in [0.25, 0.3) is 0 Å². The Morgan fingerprint density at radius 3 is 3.10 bits per heavy atom. The molecule has 6 nitrogen and oxygen atoms in total. The van der Waals surface area contributed by atoms with Gasteiger partial charge in [0.2, 0.25) is 0 Å². The number of nitrogens with one attached hydrogen (secondary N) is 1. The standard InChI is InChI=1S/C15H19N3O3/c1-10-3-4-11(7-12(10)19-2)8-14-17-15(21-18-14)13-9-16-5-6-20-13/h3-4,7,13,16H,5-6,8-9H2,1-2H3. The molecule has 0 saturated carbocycles. The molecule has 3 rings (SSSR count). The summed E-state index contributed by atoms with van der Waals surface area (Å²) in [6, 6.07) is 6.08. The van der Waals surface area contributed by atoms with E-state index >= 15 is 0 Å². The molecule has 112 valence electrons. The van der Waals surface area contributed by atoms with E-state index in [1.807, 2.05) is 25.1 Å². The summed E-state index contributed by atoms with van der Waals surface area (Å²) in [5, 5.41) is 7.27. The van der Waals surface area contributed by atoms with Crippen molar-refractivity contribution in [3.63, 3.8) is 0 Å². The molecule has 1 saturated heterocycles. The molecule has 0 aliphatic carbocycles. The smallest absolute Gasteiger partial charge is 0.257 e. The topological polar surface area (TPSA) is 69.4 Å². The van der Waals surface area contributed by atoms with Gasteiger partial charge < -0.3 is 19.3 Å².